The van der Waals surface area contributed by atoms with Crippen LogP contribution in [0.5, 0.6) is 11.5 Å². The second kappa shape index (κ2) is 11.9. The Morgan fingerprint density at radius 2 is 1.91 bits per heavy atom. The number of alkyl halides is 3. The number of carbonyl (C=O) groups excluding carboxylic acids is 2. The van der Waals surface area contributed by atoms with Gasteiger partial charge < -0.3 is 25.6 Å². The minimum absolute atomic E-state index is 0.0874. The number of amides is 2. The molecule has 0 radical (unpaired) electrons. The van der Waals surface area contributed by atoms with Gasteiger partial charge in [0.1, 0.15) is 28.6 Å². The van der Waals surface area contributed by atoms with Crippen molar-refractivity contribution in [2.45, 2.75) is 37.6 Å². The quantitative estimate of drug-likeness (QED) is 0.154. The Bertz CT molecular complexity index is 1830. The minimum atomic E-state index is -5.50. The zero-order valence-corrected chi connectivity index (χ0v) is 25.2. The van der Waals surface area contributed by atoms with E-state index in [1.54, 1.807) is 10.9 Å². The van der Waals surface area contributed by atoms with Gasteiger partial charge in [0.05, 0.1) is 42.0 Å². The standard InChI is InChI=1S/C29H25BrF5N5O5/c1-3-45-25-17(26(36)41)10-20(38-24(25)16-6-7-18(31)21(30)22(16)32)28(43,29(33,34)35)12-37-27(42)13-8-14-11-40(15-4-5-15)39-23(14)19(9-13)44-2/h6-11,15,43H,3-5,12H2,1-2H3,(H2,36,41)(H,37,42)/t28-/m0/s1. The van der Waals surface area contributed by atoms with Crippen LogP contribution in [0.3, 0.4) is 0 Å². The molecular weight excluding hydrogens is 673 g/mol. The lowest BCUT2D eigenvalue weighted by atomic mass is 9.94. The van der Waals surface area contributed by atoms with Gasteiger partial charge in [-0.05, 0) is 66.0 Å². The van der Waals surface area contributed by atoms with Crippen molar-refractivity contribution < 1.29 is 46.1 Å². The molecule has 238 valence electrons. The summed E-state index contributed by atoms with van der Waals surface area (Å²) in [5, 5.41) is 18.2. The van der Waals surface area contributed by atoms with E-state index in [1.165, 1.54) is 26.2 Å². The molecule has 1 saturated carbocycles. The summed E-state index contributed by atoms with van der Waals surface area (Å²) in [6.07, 6.45) is -1.93. The van der Waals surface area contributed by atoms with E-state index in [2.05, 4.69) is 31.3 Å². The first kappa shape index (κ1) is 32.1. The number of halogens is 6. The third-order valence-corrected chi connectivity index (χ3v) is 7.94. The Balaban J connectivity index is 1.58. The topological polar surface area (TPSA) is 142 Å². The van der Waals surface area contributed by atoms with E-state index >= 15 is 4.39 Å². The number of nitrogens with one attached hydrogen (secondary N) is 1. The largest absolute Gasteiger partial charge is 0.494 e. The van der Waals surface area contributed by atoms with E-state index < -0.39 is 74.5 Å². The molecule has 1 atom stereocenters. The number of hydrogen-bond acceptors (Lipinski definition) is 7. The van der Waals surface area contributed by atoms with E-state index in [-0.39, 0.29) is 24.0 Å². The van der Waals surface area contributed by atoms with E-state index in [1.807, 2.05) is 0 Å². The van der Waals surface area contributed by atoms with Crippen molar-refractivity contribution >= 4 is 38.6 Å². The van der Waals surface area contributed by atoms with Crippen LogP contribution >= 0.6 is 15.9 Å². The number of pyridine rings is 1. The molecule has 16 heteroatoms. The van der Waals surface area contributed by atoms with Crippen molar-refractivity contribution in [3.8, 4) is 22.8 Å². The van der Waals surface area contributed by atoms with Crippen LogP contribution in [-0.4, -0.2) is 58.1 Å². The fourth-order valence-corrected chi connectivity index (χ4v) is 5.04. The van der Waals surface area contributed by atoms with E-state index in [4.69, 9.17) is 15.2 Å². The summed E-state index contributed by atoms with van der Waals surface area (Å²) in [4.78, 5) is 29.4. The molecule has 5 rings (SSSR count). The molecule has 1 aliphatic rings. The van der Waals surface area contributed by atoms with Crippen molar-refractivity contribution in [3.05, 3.63) is 69.5 Å². The Morgan fingerprint density at radius 1 is 1.20 bits per heavy atom. The molecule has 0 aliphatic heterocycles. The predicted molar refractivity (Wildman–Crippen MR) is 154 cm³/mol. The van der Waals surface area contributed by atoms with E-state index in [9.17, 15) is 32.3 Å². The van der Waals surface area contributed by atoms with Crippen LogP contribution in [-0.2, 0) is 5.60 Å². The number of rotatable bonds is 10. The molecule has 2 aromatic heterocycles. The molecular formula is C29H25BrF5N5O5. The van der Waals surface area contributed by atoms with Gasteiger partial charge in [0.25, 0.3) is 11.8 Å². The fraction of sp³-hybridized carbons (Fsp3) is 0.310. The van der Waals surface area contributed by atoms with Gasteiger partial charge in [-0.2, -0.15) is 18.3 Å². The zero-order valence-electron chi connectivity index (χ0n) is 23.6. The smallest absolute Gasteiger partial charge is 0.424 e. The predicted octanol–water partition coefficient (Wildman–Crippen LogP) is 5.16. The number of aliphatic hydroxyl groups is 1. The number of nitrogens with two attached hydrogens (primary N) is 1. The summed E-state index contributed by atoms with van der Waals surface area (Å²) in [7, 11) is 1.35. The number of benzene rings is 2. The van der Waals surface area contributed by atoms with E-state index in [0.29, 0.717) is 17.0 Å². The minimum Gasteiger partial charge on any atom is -0.494 e. The van der Waals surface area contributed by atoms with Gasteiger partial charge in [-0.25, -0.2) is 13.8 Å². The Kier molecular flexibility index (Phi) is 8.48. The first-order chi connectivity index (χ1) is 21.2. The molecule has 2 amide bonds. The van der Waals surface area contributed by atoms with Gasteiger partial charge in [0, 0.05) is 22.7 Å². The number of aromatic nitrogens is 3. The highest BCUT2D eigenvalue weighted by molar-refractivity contribution is 9.10. The van der Waals surface area contributed by atoms with Gasteiger partial charge in [-0.1, -0.05) is 0 Å². The molecule has 1 fully saturated rings. The Morgan fingerprint density at radius 3 is 2.51 bits per heavy atom. The van der Waals surface area contributed by atoms with Crippen molar-refractivity contribution in [2.24, 2.45) is 5.73 Å². The molecule has 0 saturated heterocycles. The number of nitrogens with zero attached hydrogens (tertiary/aromatic N) is 3. The molecule has 0 bridgehead atoms. The number of ether oxygens (including phenoxy) is 2. The normalized spacial score (nSPS) is 14.7. The SMILES string of the molecule is CCOc1c(C(N)=O)cc([C@@](O)(CNC(=O)c2cc(OC)c3nn(C4CC4)cc3c2)C(F)(F)F)nc1-c1ccc(F)c(Br)c1F. The first-order valence-corrected chi connectivity index (χ1v) is 14.3. The summed E-state index contributed by atoms with van der Waals surface area (Å²) in [5.41, 5.74) is -1.22. The third-order valence-electron chi connectivity index (χ3n) is 7.21. The van der Waals surface area contributed by atoms with Crippen LogP contribution in [0.4, 0.5) is 22.0 Å². The first-order valence-electron chi connectivity index (χ1n) is 13.5. The van der Waals surface area contributed by atoms with Crippen LogP contribution < -0.4 is 20.5 Å². The van der Waals surface area contributed by atoms with Gasteiger partial charge in [0.2, 0.25) is 5.60 Å². The number of carbonyl (C=O) groups is 2. The molecule has 10 nitrogen and oxygen atoms in total. The molecule has 4 N–H and O–H groups in total. The second-order valence-corrected chi connectivity index (χ2v) is 11.0. The number of hydrogen-bond donors (Lipinski definition) is 3. The lowest BCUT2D eigenvalue weighted by Crippen LogP contribution is -2.51. The average Bonchev–Trinajstić information content (AvgIpc) is 3.76. The summed E-state index contributed by atoms with van der Waals surface area (Å²) >= 11 is 2.73. The molecule has 0 spiro atoms. The fourth-order valence-electron chi connectivity index (χ4n) is 4.69. The van der Waals surface area contributed by atoms with Crippen LogP contribution in [0.1, 0.15) is 52.2 Å². The van der Waals surface area contributed by atoms with Gasteiger partial charge in [-0.3, -0.25) is 14.3 Å². The van der Waals surface area contributed by atoms with Crippen molar-refractivity contribution in [1.82, 2.24) is 20.1 Å². The zero-order chi connectivity index (χ0) is 32.8. The monoisotopic (exact) mass is 697 g/mol. The number of primary amides is 1. The van der Waals surface area contributed by atoms with Crippen LogP contribution in [0.15, 0.2) is 41.0 Å². The second-order valence-electron chi connectivity index (χ2n) is 10.3. The lowest BCUT2D eigenvalue weighted by Gasteiger charge is -2.31. The van der Waals surface area contributed by atoms with Gasteiger partial charge in [0.15, 0.2) is 5.75 Å². The maximum atomic E-state index is 15.2. The van der Waals surface area contributed by atoms with Crippen molar-refractivity contribution in [3.63, 3.8) is 0 Å². The summed E-state index contributed by atoms with van der Waals surface area (Å²) in [5.74, 6) is -4.87. The Labute approximate surface area is 260 Å². The maximum absolute atomic E-state index is 15.2. The van der Waals surface area contributed by atoms with E-state index in [0.717, 1.165) is 25.0 Å². The van der Waals surface area contributed by atoms with Gasteiger partial charge >= 0.3 is 6.18 Å². The number of methoxy groups -OCH3 is 1. The van der Waals surface area contributed by atoms with Gasteiger partial charge in [-0.15, -0.1) is 0 Å². The highest BCUT2D eigenvalue weighted by atomic mass is 79.9. The molecule has 0 unspecified atom stereocenters. The van der Waals surface area contributed by atoms with Crippen LogP contribution in [0.25, 0.3) is 22.2 Å². The summed E-state index contributed by atoms with van der Waals surface area (Å²) < 4.78 is 84.8. The van der Waals surface area contributed by atoms with Crippen LogP contribution in [0, 0.1) is 11.6 Å². The summed E-state index contributed by atoms with van der Waals surface area (Å²) in [6.45, 7) is -0.152. The van der Waals surface area contributed by atoms with Crippen molar-refractivity contribution in [2.75, 3.05) is 20.3 Å². The van der Waals surface area contributed by atoms with Crippen LogP contribution in [0.2, 0.25) is 0 Å². The molecule has 4 aromatic rings. The molecule has 2 aromatic carbocycles. The summed E-state index contributed by atoms with van der Waals surface area (Å²) in [6, 6.07) is 5.16. The maximum Gasteiger partial charge on any atom is 0.424 e. The molecule has 1 aliphatic carbocycles. The average molecular weight is 698 g/mol. The number of fused-ring (bicyclic) bond motifs is 1. The van der Waals surface area contributed by atoms with Crippen molar-refractivity contribution in [1.29, 1.82) is 0 Å². The molecule has 2 heterocycles. The highest BCUT2D eigenvalue weighted by Gasteiger charge is 2.57. The Hall–Kier alpha value is -4.31. The molecule has 45 heavy (non-hydrogen) atoms. The lowest BCUT2D eigenvalue weighted by molar-refractivity contribution is -0.265. The third kappa shape index (κ3) is 5.91. The highest BCUT2D eigenvalue weighted by Crippen LogP contribution is 2.43.